The highest BCUT2D eigenvalue weighted by Crippen LogP contribution is 2.42. The Morgan fingerprint density at radius 1 is 1.16 bits per heavy atom. The zero-order valence-corrected chi connectivity index (χ0v) is 18.3. The lowest BCUT2D eigenvalue weighted by Gasteiger charge is -2.23. The van der Waals surface area contributed by atoms with Gasteiger partial charge in [0.2, 0.25) is 0 Å². The van der Waals surface area contributed by atoms with Crippen molar-refractivity contribution in [3.8, 4) is 5.75 Å². The first-order chi connectivity index (χ1) is 15.4. The first-order valence-corrected chi connectivity index (χ1v) is 10.5. The second-order valence-corrected chi connectivity index (χ2v) is 7.83. The molecule has 3 aromatic rings. The minimum atomic E-state index is -0.893. The number of halogens is 1. The van der Waals surface area contributed by atoms with Gasteiger partial charge < -0.3 is 14.4 Å². The second-order valence-electron chi connectivity index (χ2n) is 7.39. The zero-order valence-electron chi connectivity index (χ0n) is 17.5. The molecule has 1 saturated heterocycles. The number of Topliss-reactive ketones (excluding diaryl/α,β-unsaturated/α-hetero) is 1. The molecule has 8 heteroatoms. The number of nitrogens with zero attached hydrogens (tertiary/aromatic N) is 2. The molecule has 1 aliphatic rings. The molecule has 32 heavy (non-hydrogen) atoms. The number of carbonyl (C=O) groups excluding carboxylic acids is 2. The van der Waals surface area contributed by atoms with Gasteiger partial charge in [0.1, 0.15) is 17.3 Å². The van der Waals surface area contributed by atoms with Crippen LogP contribution in [0.5, 0.6) is 5.75 Å². The van der Waals surface area contributed by atoms with Crippen LogP contribution in [0.1, 0.15) is 36.3 Å². The molecule has 1 aromatic heterocycles. The molecule has 1 N–H and O–H groups in total. The largest absolute Gasteiger partial charge is 0.507 e. The van der Waals surface area contributed by atoms with Gasteiger partial charge in [0, 0.05) is 16.7 Å². The number of carbonyl (C=O) groups is 2. The fraction of sp³-hybridized carbons (Fsp3) is 0.208. The highest BCUT2D eigenvalue weighted by molar-refractivity contribution is 6.51. The number of aryl methyl sites for hydroxylation is 1. The predicted molar refractivity (Wildman–Crippen MR) is 120 cm³/mol. The lowest BCUT2D eigenvalue weighted by atomic mass is 9.95. The van der Waals surface area contributed by atoms with Crippen LogP contribution >= 0.6 is 11.6 Å². The van der Waals surface area contributed by atoms with Gasteiger partial charge in [-0.15, -0.1) is 0 Å². The van der Waals surface area contributed by atoms with Crippen molar-refractivity contribution >= 4 is 34.9 Å². The van der Waals surface area contributed by atoms with E-state index in [-0.39, 0.29) is 17.2 Å². The molecule has 0 bridgehead atoms. The number of benzene rings is 2. The summed E-state index contributed by atoms with van der Waals surface area (Å²) in [5.41, 5.74) is 0.945. The maximum absolute atomic E-state index is 13.1. The van der Waals surface area contributed by atoms with E-state index in [9.17, 15) is 14.7 Å². The third-order valence-corrected chi connectivity index (χ3v) is 5.35. The standard InChI is InChI=1S/C24H21ClN2O5/c1-3-12-31-18-10-6-15(7-11-18)21-20(22(28)16-4-8-17(25)9-5-16)23(29)24(30)27(21)19-13-14(2)32-26-19/h4-11,13,21,28H,3,12H2,1-2H3/t21-/m1/s1. The Hall–Kier alpha value is -3.58. The lowest BCUT2D eigenvalue weighted by Crippen LogP contribution is -2.29. The number of aliphatic hydroxyl groups is 1. The highest BCUT2D eigenvalue weighted by atomic mass is 35.5. The maximum Gasteiger partial charge on any atom is 0.301 e. The topological polar surface area (TPSA) is 92.9 Å². The fourth-order valence-electron chi connectivity index (χ4n) is 3.58. The first-order valence-electron chi connectivity index (χ1n) is 10.1. The Morgan fingerprint density at radius 2 is 1.84 bits per heavy atom. The fourth-order valence-corrected chi connectivity index (χ4v) is 3.71. The molecule has 0 saturated carbocycles. The van der Waals surface area contributed by atoms with E-state index in [1.165, 1.54) is 4.90 Å². The van der Waals surface area contributed by atoms with Gasteiger partial charge in [0.05, 0.1) is 18.2 Å². The molecule has 0 radical (unpaired) electrons. The summed E-state index contributed by atoms with van der Waals surface area (Å²) < 4.78 is 10.8. The van der Waals surface area contributed by atoms with Crippen LogP contribution in [0.4, 0.5) is 5.82 Å². The number of ether oxygens (including phenoxy) is 1. The molecule has 4 rings (SSSR count). The van der Waals surface area contributed by atoms with Crippen LogP contribution in [0.15, 0.2) is 64.7 Å². The number of aromatic nitrogens is 1. The van der Waals surface area contributed by atoms with E-state index in [1.807, 2.05) is 6.92 Å². The Labute approximate surface area is 189 Å². The van der Waals surface area contributed by atoms with E-state index in [2.05, 4.69) is 5.16 Å². The Kier molecular flexibility index (Phi) is 6.01. The molecule has 2 aromatic carbocycles. The molecular formula is C24H21ClN2O5. The number of rotatable bonds is 6. The number of hydrogen-bond acceptors (Lipinski definition) is 6. The number of aliphatic hydroxyl groups excluding tert-OH is 1. The molecule has 0 unspecified atom stereocenters. The van der Waals surface area contributed by atoms with Crippen LogP contribution in [0, 0.1) is 6.92 Å². The summed E-state index contributed by atoms with van der Waals surface area (Å²) in [6.07, 6.45) is 0.870. The van der Waals surface area contributed by atoms with Crippen molar-refractivity contribution in [3.63, 3.8) is 0 Å². The van der Waals surface area contributed by atoms with Gasteiger partial charge in [-0.05, 0) is 55.3 Å². The molecular weight excluding hydrogens is 432 g/mol. The monoisotopic (exact) mass is 452 g/mol. The van der Waals surface area contributed by atoms with Crippen molar-refractivity contribution in [2.45, 2.75) is 26.3 Å². The highest BCUT2D eigenvalue weighted by Gasteiger charge is 2.48. The second kappa shape index (κ2) is 8.88. The van der Waals surface area contributed by atoms with Crippen LogP contribution in [0.2, 0.25) is 5.02 Å². The molecule has 0 aliphatic carbocycles. The number of ketones is 1. The molecule has 2 heterocycles. The summed E-state index contributed by atoms with van der Waals surface area (Å²) in [6, 6.07) is 14.1. The van der Waals surface area contributed by atoms with E-state index in [0.717, 1.165) is 6.42 Å². The number of hydrogen-bond donors (Lipinski definition) is 1. The van der Waals surface area contributed by atoms with Gasteiger partial charge in [-0.1, -0.05) is 35.8 Å². The molecule has 1 aliphatic heterocycles. The van der Waals surface area contributed by atoms with Crippen molar-refractivity contribution in [2.24, 2.45) is 0 Å². The SMILES string of the molecule is CCCOc1ccc([C@@H]2C(=C(O)c3ccc(Cl)cc3)C(=O)C(=O)N2c2cc(C)on2)cc1. The third-order valence-electron chi connectivity index (χ3n) is 5.09. The summed E-state index contributed by atoms with van der Waals surface area (Å²) in [6.45, 7) is 4.28. The predicted octanol–water partition coefficient (Wildman–Crippen LogP) is 5.05. The Balaban J connectivity index is 1.85. The Bertz CT molecular complexity index is 1180. The van der Waals surface area contributed by atoms with Crippen LogP contribution < -0.4 is 9.64 Å². The van der Waals surface area contributed by atoms with Gasteiger partial charge >= 0.3 is 5.91 Å². The van der Waals surface area contributed by atoms with Gasteiger partial charge in [0.15, 0.2) is 5.82 Å². The molecule has 1 atom stereocenters. The smallest absolute Gasteiger partial charge is 0.301 e. The number of amides is 1. The molecule has 7 nitrogen and oxygen atoms in total. The van der Waals surface area contributed by atoms with Crippen molar-refractivity contribution in [1.82, 2.24) is 5.16 Å². The van der Waals surface area contributed by atoms with Gasteiger partial charge in [0.25, 0.3) is 5.78 Å². The average molecular weight is 453 g/mol. The molecule has 1 amide bonds. The van der Waals surface area contributed by atoms with Gasteiger partial charge in [-0.25, -0.2) is 0 Å². The van der Waals surface area contributed by atoms with E-state index in [0.29, 0.717) is 34.3 Å². The summed E-state index contributed by atoms with van der Waals surface area (Å²) >= 11 is 5.95. The van der Waals surface area contributed by atoms with Crippen LogP contribution in [0.3, 0.4) is 0 Å². The van der Waals surface area contributed by atoms with Gasteiger partial charge in [-0.2, -0.15) is 0 Å². The summed E-state index contributed by atoms with van der Waals surface area (Å²) in [7, 11) is 0. The minimum Gasteiger partial charge on any atom is -0.507 e. The van der Waals surface area contributed by atoms with Crippen LogP contribution in [-0.2, 0) is 9.59 Å². The normalized spacial score (nSPS) is 17.7. The van der Waals surface area contributed by atoms with Gasteiger partial charge in [-0.3, -0.25) is 14.5 Å². The van der Waals surface area contributed by atoms with Crippen LogP contribution in [-0.4, -0.2) is 28.6 Å². The number of anilines is 1. The molecule has 1 fully saturated rings. The lowest BCUT2D eigenvalue weighted by molar-refractivity contribution is -0.132. The summed E-state index contributed by atoms with van der Waals surface area (Å²) in [5, 5.41) is 15.5. The van der Waals surface area contributed by atoms with E-state index < -0.39 is 17.7 Å². The van der Waals surface area contributed by atoms with Crippen molar-refractivity contribution in [3.05, 3.63) is 82.1 Å². The Morgan fingerprint density at radius 3 is 2.44 bits per heavy atom. The quantitative estimate of drug-likeness (QED) is 0.319. The molecule has 0 spiro atoms. The first kappa shape index (κ1) is 21.6. The molecule has 164 valence electrons. The van der Waals surface area contributed by atoms with Crippen LogP contribution in [0.25, 0.3) is 5.76 Å². The summed E-state index contributed by atoms with van der Waals surface area (Å²) in [4.78, 5) is 27.3. The van der Waals surface area contributed by atoms with Crippen molar-refractivity contribution in [2.75, 3.05) is 11.5 Å². The zero-order chi connectivity index (χ0) is 22.8. The third kappa shape index (κ3) is 3.99. The van der Waals surface area contributed by atoms with E-state index >= 15 is 0 Å². The van der Waals surface area contributed by atoms with E-state index in [4.69, 9.17) is 20.9 Å². The van der Waals surface area contributed by atoms with Crippen molar-refractivity contribution in [1.29, 1.82) is 0 Å². The summed E-state index contributed by atoms with van der Waals surface area (Å²) in [5.74, 6) is -0.557. The van der Waals surface area contributed by atoms with Crippen molar-refractivity contribution < 1.29 is 24.0 Å². The van der Waals surface area contributed by atoms with E-state index in [1.54, 1.807) is 61.5 Å². The average Bonchev–Trinajstić information content (AvgIpc) is 3.33. The maximum atomic E-state index is 13.1. The minimum absolute atomic E-state index is 0.0415.